The summed E-state index contributed by atoms with van der Waals surface area (Å²) < 4.78 is 0. The van der Waals surface area contributed by atoms with Crippen molar-refractivity contribution in [1.29, 1.82) is 0 Å². The van der Waals surface area contributed by atoms with E-state index in [1.807, 2.05) is 70.5 Å². The lowest BCUT2D eigenvalue weighted by Crippen LogP contribution is -2.51. The van der Waals surface area contributed by atoms with Gasteiger partial charge in [-0.1, -0.05) is 48.5 Å². The van der Waals surface area contributed by atoms with Gasteiger partial charge < -0.3 is 9.80 Å². The SMILES string of the molecule is O=C(Cc1ccccn1)N1CCN(C(=O)c2ccc(-c3ccccc3)cc2)CC1. The van der Waals surface area contributed by atoms with Crippen LogP contribution in [0, 0.1) is 0 Å². The fraction of sp³-hybridized carbons (Fsp3) is 0.208. The summed E-state index contributed by atoms with van der Waals surface area (Å²) in [6.45, 7) is 2.21. The normalized spacial score (nSPS) is 13.9. The van der Waals surface area contributed by atoms with E-state index in [-0.39, 0.29) is 11.8 Å². The minimum absolute atomic E-state index is 0.0152. The van der Waals surface area contributed by atoms with Crippen LogP contribution in [0.1, 0.15) is 16.1 Å². The third kappa shape index (κ3) is 4.51. The number of carbonyl (C=O) groups is 2. The second-order valence-electron chi connectivity index (χ2n) is 7.11. The highest BCUT2D eigenvalue weighted by molar-refractivity contribution is 5.95. The van der Waals surface area contributed by atoms with Gasteiger partial charge in [0.2, 0.25) is 5.91 Å². The third-order valence-corrected chi connectivity index (χ3v) is 5.22. The Balaban J connectivity index is 1.33. The van der Waals surface area contributed by atoms with Crippen LogP contribution in [0.15, 0.2) is 79.0 Å². The van der Waals surface area contributed by atoms with Crippen molar-refractivity contribution < 1.29 is 9.59 Å². The van der Waals surface area contributed by atoms with Crippen molar-refractivity contribution in [3.63, 3.8) is 0 Å². The van der Waals surface area contributed by atoms with Crippen LogP contribution in [-0.4, -0.2) is 52.8 Å². The van der Waals surface area contributed by atoms with Crippen molar-refractivity contribution in [1.82, 2.24) is 14.8 Å². The summed E-state index contributed by atoms with van der Waals surface area (Å²) in [7, 11) is 0. The number of nitrogens with zero attached hydrogens (tertiary/aromatic N) is 3. The van der Waals surface area contributed by atoms with Crippen molar-refractivity contribution in [2.45, 2.75) is 6.42 Å². The number of piperazine rings is 1. The number of aromatic nitrogens is 1. The topological polar surface area (TPSA) is 53.5 Å². The molecule has 0 atom stereocenters. The van der Waals surface area contributed by atoms with E-state index < -0.39 is 0 Å². The van der Waals surface area contributed by atoms with Crippen LogP contribution in [0.2, 0.25) is 0 Å². The summed E-state index contributed by atoms with van der Waals surface area (Å²) in [5, 5.41) is 0. The van der Waals surface area contributed by atoms with Gasteiger partial charge in [0.1, 0.15) is 0 Å². The lowest BCUT2D eigenvalue weighted by Gasteiger charge is -2.34. The van der Waals surface area contributed by atoms with Crippen LogP contribution >= 0.6 is 0 Å². The first-order valence-corrected chi connectivity index (χ1v) is 9.83. The Morgan fingerprint density at radius 1 is 0.724 bits per heavy atom. The molecule has 4 rings (SSSR count). The zero-order valence-electron chi connectivity index (χ0n) is 16.2. The average molecular weight is 385 g/mol. The van der Waals surface area contributed by atoms with Crippen LogP contribution in [-0.2, 0) is 11.2 Å². The molecule has 29 heavy (non-hydrogen) atoms. The van der Waals surface area contributed by atoms with Gasteiger partial charge in [-0.25, -0.2) is 0 Å². The Morgan fingerprint density at radius 3 is 2.00 bits per heavy atom. The Bertz CT molecular complexity index is 964. The van der Waals surface area contributed by atoms with Gasteiger partial charge in [0, 0.05) is 43.6 Å². The van der Waals surface area contributed by atoms with E-state index >= 15 is 0 Å². The van der Waals surface area contributed by atoms with Crippen molar-refractivity contribution in [3.05, 3.63) is 90.3 Å². The van der Waals surface area contributed by atoms with Gasteiger partial charge in [0.05, 0.1) is 6.42 Å². The van der Waals surface area contributed by atoms with E-state index in [9.17, 15) is 9.59 Å². The number of pyridine rings is 1. The number of hydrogen-bond acceptors (Lipinski definition) is 3. The van der Waals surface area contributed by atoms with Crippen LogP contribution in [0.25, 0.3) is 11.1 Å². The molecule has 0 bridgehead atoms. The average Bonchev–Trinajstić information content (AvgIpc) is 2.80. The molecule has 1 aliphatic heterocycles. The van der Waals surface area contributed by atoms with Crippen molar-refractivity contribution in [2.75, 3.05) is 26.2 Å². The maximum Gasteiger partial charge on any atom is 0.253 e. The van der Waals surface area contributed by atoms with Gasteiger partial charge in [-0.3, -0.25) is 14.6 Å². The molecule has 1 fully saturated rings. The fourth-order valence-corrected chi connectivity index (χ4v) is 3.55. The molecule has 0 N–H and O–H groups in total. The van der Waals surface area contributed by atoms with E-state index in [4.69, 9.17) is 0 Å². The Hall–Kier alpha value is -3.47. The zero-order valence-corrected chi connectivity index (χ0v) is 16.2. The van der Waals surface area contributed by atoms with Gasteiger partial charge in [0.15, 0.2) is 0 Å². The summed E-state index contributed by atoms with van der Waals surface area (Å²) >= 11 is 0. The third-order valence-electron chi connectivity index (χ3n) is 5.22. The molecule has 1 aromatic heterocycles. The lowest BCUT2D eigenvalue weighted by molar-refractivity contribution is -0.132. The highest BCUT2D eigenvalue weighted by atomic mass is 16.2. The molecule has 5 heteroatoms. The molecule has 3 aromatic rings. The second-order valence-corrected chi connectivity index (χ2v) is 7.11. The van der Waals surface area contributed by atoms with Gasteiger partial charge in [-0.05, 0) is 35.4 Å². The highest BCUT2D eigenvalue weighted by Gasteiger charge is 2.25. The number of benzene rings is 2. The van der Waals surface area contributed by atoms with E-state index in [1.165, 1.54) is 0 Å². The molecule has 1 aliphatic rings. The van der Waals surface area contributed by atoms with E-state index in [0.717, 1.165) is 16.8 Å². The maximum atomic E-state index is 12.8. The Kier molecular flexibility index (Phi) is 5.66. The molecule has 0 radical (unpaired) electrons. The molecule has 0 aliphatic carbocycles. The second kappa shape index (κ2) is 8.69. The van der Waals surface area contributed by atoms with Gasteiger partial charge in [-0.15, -0.1) is 0 Å². The largest absolute Gasteiger partial charge is 0.339 e. The number of rotatable bonds is 4. The first kappa shape index (κ1) is 18.9. The number of amides is 2. The Morgan fingerprint density at radius 2 is 1.34 bits per heavy atom. The highest BCUT2D eigenvalue weighted by Crippen LogP contribution is 2.20. The molecular weight excluding hydrogens is 362 g/mol. The van der Waals surface area contributed by atoms with Crippen LogP contribution in [0.3, 0.4) is 0 Å². The molecule has 2 amide bonds. The lowest BCUT2D eigenvalue weighted by atomic mass is 10.0. The van der Waals surface area contributed by atoms with Crippen LogP contribution in [0.5, 0.6) is 0 Å². The van der Waals surface area contributed by atoms with Gasteiger partial charge >= 0.3 is 0 Å². The summed E-state index contributed by atoms with van der Waals surface area (Å²) in [4.78, 5) is 33.1. The predicted octanol–water partition coefficient (Wildman–Crippen LogP) is 3.28. The molecule has 0 spiro atoms. The molecule has 5 nitrogen and oxygen atoms in total. The minimum Gasteiger partial charge on any atom is -0.339 e. The number of carbonyl (C=O) groups excluding carboxylic acids is 2. The predicted molar refractivity (Wildman–Crippen MR) is 112 cm³/mol. The van der Waals surface area contributed by atoms with Crippen molar-refractivity contribution in [2.24, 2.45) is 0 Å². The summed E-state index contributed by atoms with van der Waals surface area (Å²) in [5.74, 6) is 0.0736. The smallest absolute Gasteiger partial charge is 0.253 e. The molecule has 0 unspecified atom stereocenters. The van der Waals surface area contributed by atoms with Crippen molar-refractivity contribution in [3.8, 4) is 11.1 Å². The molecular formula is C24H23N3O2. The van der Waals surface area contributed by atoms with Gasteiger partial charge in [-0.2, -0.15) is 0 Å². The van der Waals surface area contributed by atoms with E-state index in [2.05, 4.69) is 17.1 Å². The van der Waals surface area contributed by atoms with Crippen LogP contribution in [0.4, 0.5) is 0 Å². The number of hydrogen-bond donors (Lipinski definition) is 0. The van der Waals surface area contributed by atoms with E-state index in [1.54, 1.807) is 6.20 Å². The first-order chi connectivity index (χ1) is 14.2. The fourth-order valence-electron chi connectivity index (χ4n) is 3.55. The summed E-state index contributed by atoms with van der Waals surface area (Å²) in [6.07, 6.45) is 2.00. The molecule has 0 saturated carbocycles. The molecule has 146 valence electrons. The Labute approximate surface area is 170 Å². The summed E-state index contributed by atoms with van der Waals surface area (Å²) in [6, 6.07) is 23.4. The first-order valence-electron chi connectivity index (χ1n) is 9.83. The molecule has 2 heterocycles. The molecule has 1 saturated heterocycles. The maximum absolute atomic E-state index is 12.8. The zero-order chi connectivity index (χ0) is 20.1. The van der Waals surface area contributed by atoms with Crippen LogP contribution < -0.4 is 0 Å². The molecule has 2 aromatic carbocycles. The monoisotopic (exact) mass is 385 g/mol. The quantitative estimate of drug-likeness (QED) is 0.693. The standard InChI is InChI=1S/C24H23N3O2/c28-23(18-22-8-4-5-13-25-22)26-14-16-27(17-15-26)24(29)21-11-9-20(10-12-21)19-6-2-1-3-7-19/h1-13H,14-18H2. The summed E-state index contributed by atoms with van der Waals surface area (Å²) in [5.41, 5.74) is 3.67. The van der Waals surface area contributed by atoms with Gasteiger partial charge in [0.25, 0.3) is 5.91 Å². The minimum atomic E-state index is 0.0152. The van der Waals surface area contributed by atoms with Crippen molar-refractivity contribution >= 4 is 11.8 Å². The van der Waals surface area contributed by atoms with E-state index in [0.29, 0.717) is 38.2 Å².